The second-order valence-electron chi connectivity index (χ2n) is 2.63. The number of nitriles is 3. The molecule has 0 aromatic heterocycles. The molecular weight excluding hydrogens is 420 g/mol. The minimum Gasteiger partial charge on any atom is -0.273 e. The van der Waals surface area contributed by atoms with E-state index in [1.165, 1.54) is 20.8 Å². The fourth-order valence-corrected chi connectivity index (χ4v) is 0.340. The summed E-state index contributed by atoms with van der Waals surface area (Å²) in [6.07, 6.45) is 10.0. The molecule has 1 aliphatic carbocycles. The van der Waals surface area contributed by atoms with Crippen molar-refractivity contribution in [1.82, 2.24) is 0 Å². The van der Waals surface area contributed by atoms with Crippen molar-refractivity contribution in [3.63, 3.8) is 0 Å². The summed E-state index contributed by atoms with van der Waals surface area (Å²) in [5.41, 5.74) is 0. The van der Waals surface area contributed by atoms with Crippen molar-refractivity contribution in [2.45, 2.75) is 27.2 Å². The molecule has 0 atom stereocenters. The number of halogens is 6. The molecular formula is C11H14F6N3PRu. The van der Waals surface area contributed by atoms with Crippen LogP contribution in [0.3, 0.4) is 0 Å². The van der Waals surface area contributed by atoms with Gasteiger partial charge >= 0.3 is 52.5 Å². The van der Waals surface area contributed by atoms with Crippen molar-refractivity contribution in [1.29, 1.82) is 15.8 Å². The van der Waals surface area contributed by atoms with E-state index in [4.69, 9.17) is 15.8 Å². The van der Waals surface area contributed by atoms with Crippen LogP contribution in [0, 0.1) is 40.1 Å². The topological polar surface area (TPSA) is 71.4 Å². The Hall–Kier alpha value is -1.42. The maximum absolute atomic E-state index is 10.7. The molecule has 11 heteroatoms. The van der Waals surface area contributed by atoms with Crippen molar-refractivity contribution in [2.75, 3.05) is 0 Å². The van der Waals surface area contributed by atoms with Crippen molar-refractivity contribution >= 4 is 7.81 Å². The molecule has 0 spiro atoms. The zero-order valence-electron chi connectivity index (χ0n) is 11.8. The van der Waals surface area contributed by atoms with Gasteiger partial charge in [-0.2, -0.15) is 21.9 Å². The van der Waals surface area contributed by atoms with E-state index in [-0.39, 0.29) is 19.5 Å². The molecule has 0 fully saturated rings. The predicted octanol–water partition coefficient (Wildman–Crippen LogP) is 6.28. The Labute approximate surface area is 138 Å². The smallest absolute Gasteiger partial charge is 0.273 e. The van der Waals surface area contributed by atoms with E-state index in [1.54, 1.807) is 18.2 Å². The first-order chi connectivity index (χ1) is 9.19. The van der Waals surface area contributed by atoms with E-state index in [9.17, 15) is 25.2 Å². The minimum absolute atomic E-state index is 0. The molecule has 0 aromatic rings. The number of hydrogen-bond acceptors (Lipinski definition) is 3. The molecule has 0 bridgehead atoms. The summed E-state index contributed by atoms with van der Waals surface area (Å²) in [6, 6.07) is 5.25. The van der Waals surface area contributed by atoms with Gasteiger partial charge in [0.15, 0.2) is 0 Å². The minimum atomic E-state index is -10.7. The van der Waals surface area contributed by atoms with Crippen molar-refractivity contribution < 1.29 is 44.7 Å². The van der Waals surface area contributed by atoms with Crippen molar-refractivity contribution in [3.05, 3.63) is 24.3 Å². The fraction of sp³-hybridized carbons (Fsp3) is 0.364. The third-order valence-corrected chi connectivity index (χ3v) is 0.586. The summed E-state index contributed by atoms with van der Waals surface area (Å²) in [5.74, 6) is 0. The zero-order valence-corrected chi connectivity index (χ0v) is 14.5. The largest absolute Gasteiger partial charge is 2.00 e. The van der Waals surface area contributed by atoms with E-state index < -0.39 is 7.81 Å². The quantitative estimate of drug-likeness (QED) is 0.195. The average Bonchev–Trinajstić information content (AvgIpc) is 2.72. The number of allylic oxidation sites excluding steroid dienone is 4. The molecule has 1 aliphatic rings. The van der Waals surface area contributed by atoms with Gasteiger partial charge in [-0.3, -0.25) is 6.08 Å². The Morgan fingerprint density at radius 1 is 0.864 bits per heavy atom. The van der Waals surface area contributed by atoms with Crippen LogP contribution in [0.4, 0.5) is 25.2 Å². The van der Waals surface area contributed by atoms with Crippen LogP contribution in [0.1, 0.15) is 27.2 Å². The maximum Gasteiger partial charge on any atom is 2.00 e. The monoisotopic (exact) mass is 435 g/mol. The van der Waals surface area contributed by atoms with E-state index >= 15 is 0 Å². The molecule has 3 nitrogen and oxygen atoms in total. The molecule has 0 N–H and O–H groups in total. The molecule has 0 aliphatic heterocycles. The Kier molecular flexibility index (Phi) is 21.5. The van der Waals surface area contributed by atoms with Crippen LogP contribution in [-0.4, -0.2) is 0 Å². The van der Waals surface area contributed by atoms with Crippen LogP contribution in [0.25, 0.3) is 0 Å². The molecule has 0 aromatic carbocycles. The third-order valence-electron chi connectivity index (χ3n) is 0.586. The third kappa shape index (κ3) is 447. The van der Waals surface area contributed by atoms with Crippen LogP contribution >= 0.6 is 7.81 Å². The first kappa shape index (κ1) is 32.5. The van der Waals surface area contributed by atoms with Crippen molar-refractivity contribution in [3.8, 4) is 18.2 Å². The summed E-state index contributed by atoms with van der Waals surface area (Å²) in [7, 11) is -10.7. The molecule has 0 saturated heterocycles. The normalized spacial score (nSPS) is 12.5. The van der Waals surface area contributed by atoms with E-state index in [0.717, 1.165) is 6.42 Å². The molecule has 22 heavy (non-hydrogen) atoms. The van der Waals surface area contributed by atoms with Crippen molar-refractivity contribution in [2.24, 2.45) is 0 Å². The fourth-order valence-electron chi connectivity index (χ4n) is 0.340. The molecule has 0 amide bonds. The standard InChI is InChI=1S/C5H5.3C2H3N.F6P.Ru/c1-2-4-5-3-1;3*1-2-3;1-7(2,3,4,5)6;/h1-3H,4H2;3*1H3;;/q-1;;;;-1;+2. The average molecular weight is 434 g/mol. The van der Waals surface area contributed by atoms with Crippen LogP contribution in [0.5, 0.6) is 0 Å². The summed E-state index contributed by atoms with van der Waals surface area (Å²) >= 11 is 0. The summed E-state index contributed by atoms with van der Waals surface area (Å²) in [5, 5.41) is 22.0. The van der Waals surface area contributed by atoms with Gasteiger partial charge in [-0.15, -0.1) is 6.42 Å². The molecule has 0 unspecified atom stereocenters. The summed E-state index contributed by atoms with van der Waals surface area (Å²) in [6.45, 7) is 4.29. The van der Waals surface area contributed by atoms with Gasteiger partial charge in [-0.05, 0) is 0 Å². The SMILES string of the molecule is CC#N.CC#N.CC#N.F[P-](F)(F)(F)(F)F.[C-]1=CC=CC1.[Ru+2]. The Bertz CT molecular complexity index is 387. The maximum atomic E-state index is 9.87. The molecule has 1 rings (SSSR count). The van der Waals surface area contributed by atoms with Gasteiger partial charge < -0.3 is 0 Å². The van der Waals surface area contributed by atoms with Gasteiger partial charge in [0.1, 0.15) is 0 Å². The Balaban J connectivity index is -0.0000000572. The first-order valence-electron chi connectivity index (χ1n) is 4.90. The van der Waals surface area contributed by atoms with Gasteiger partial charge in [-0.25, -0.2) is 12.2 Å². The van der Waals surface area contributed by atoms with Gasteiger partial charge in [0.25, 0.3) is 0 Å². The second-order valence-corrected chi connectivity index (χ2v) is 4.55. The van der Waals surface area contributed by atoms with E-state index in [2.05, 4.69) is 12.2 Å². The van der Waals surface area contributed by atoms with Gasteiger partial charge in [-0.1, -0.05) is 0 Å². The number of nitrogens with zero attached hydrogens (tertiary/aromatic N) is 3. The van der Waals surface area contributed by atoms with Crippen LogP contribution in [0.2, 0.25) is 0 Å². The number of hydrogen-bond donors (Lipinski definition) is 0. The first-order valence-corrected chi connectivity index (χ1v) is 6.93. The van der Waals surface area contributed by atoms with Gasteiger partial charge in [0, 0.05) is 20.8 Å². The molecule has 0 heterocycles. The Morgan fingerprint density at radius 2 is 1.09 bits per heavy atom. The Morgan fingerprint density at radius 3 is 1.14 bits per heavy atom. The van der Waals surface area contributed by atoms with E-state index in [1.807, 2.05) is 12.2 Å². The van der Waals surface area contributed by atoms with Gasteiger partial charge in [0.05, 0.1) is 18.2 Å². The van der Waals surface area contributed by atoms with Crippen LogP contribution in [0.15, 0.2) is 18.2 Å². The van der Waals surface area contributed by atoms with Crippen LogP contribution in [-0.2, 0) is 19.5 Å². The summed E-state index contributed by atoms with van der Waals surface area (Å²) < 4.78 is 59.2. The molecule has 0 radical (unpaired) electrons. The van der Waals surface area contributed by atoms with E-state index in [0.29, 0.717) is 0 Å². The van der Waals surface area contributed by atoms with Gasteiger partial charge in [0.2, 0.25) is 0 Å². The molecule has 128 valence electrons. The van der Waals surface area contributed by atoms with Crippen LogP contribution < -0.4 is 0 Å². The predicted molar refractivity (Wildman–Crippen MR) is 69.0 cm³/mol. The second kappa shape index (κ2) is 14.5. The zero-order chi connectivity index (χ0) is 18.1. The summed E-state index contributed by atoms with van der Waals surface area (Å²) in [4.78, 5) is 0. The molecule has 0 saturated carbocycles. The number of rotatable bonds is 0.